The van der Waals surface area contributed by atoms with Crippen molar-refractivity contribution in [2.24, 2.45) is 0 Å². The van der Waals surface area contributed by atoms with E-state index < -0.39 is 0 Å². The van der Waals surface area contributed by atoms with E-state index >= 15 is 0 Å². The number of hydrogen-bond donors (Lipinski definition) is 0. The first-order valence-electron chi connectivity index (χ1n) is 6.40. The summed E-state index contributed by atoms with van der Waals surface area (Å²) in [5.74, 6) is -0.383. The lowest BCUT2D eigenvalue weighted by Crippen LogP contribution is -2.21. The summed E-state index contributed by atoms with van der Waals surface area (Å²) in [6.45, 7) is 0.349. The molecule has 3 rings (SSSR count). The number of aromatic nitrogens is 3. The number of carbonyl (C=O) groups excluding carboxylic acids is 1. The molecule has 0 N–H and O–H groups in total. The summed E-state index contributed by atoms with van der Waals surface area (Å²) < 4.78 is 7.52. The van der Waals surface area contributed by atoms with Gasteiger partial charge in [0.05, 0.1) is 19.2 Å². The zero-order chi connectivity index (χ0) is 14.8. The predicted octanol–water partition coefficient (Wildman–Crippen LogP) is 1.33. The van der Waals surface area contributed by atoms with Crippen LogP contribution in [0.4, 0.5) is 0 Å². The summed E-state index contributed by atoms with van der Waals surface area (Å²) in [5, 5.41) is 4.26. The SMILES string of the molecule is COC(=O)c1ccc(Cn2nc3ccccn3c2=O)cc1. The van der Waals surface area contributed by atoms with E-state index in [-0.39, 0.29) is 11.7 Å². The Morgan fingerprint density at radius 3 is 2.62 bits per heavy atom. The Bertz CT molecular complexity index is 846. The highest BCUT2D eigenvalue weighted by molar-refractivity contribution is 5.89. The molecule has 2 heterocycles. The Morgan fingerprint density at radius 1 is 1.19 bits per heavy atom. The van der Waals surface area contributed by atoms with Gasteiger partial charge in [0.25, 0.3) is 0 Å². The van der Waals surface area contributed by atoms with Crippen LogP contribution in [0.15, 0.2) is 53.5 Å². The molecule has 21 heavy (non-hydrogen) atoms. The van der Waals surface area contributed by atoms with Crippen LogP contribution in [-0.2, 0) is 11.3 Å². The molecule has 0 fully saturated rings. The molecule has 0 aliphatic heterocycles. The van der Waals surface area contributed by atoms with E-state index in [2.05, 4.69) is 9.84 Å². The van der Waals surface area contributed by atoms with E-state index in [9.17, 15) is 9.59 Å². The lowest BCUT2D eigenvalue weighted by Gasteiger charge is -2.02. The number of nitrogens with zero attached hydrogens (tertiary/aromatic N) is 3. The van der Waals surface area contributed by atoms with Crippen molar-refractivity contribution < 1.29 is 9.53 Å². The monoisotopic (exact) mass is 283 g/mol. The Morgan fingerprint density at radius 2 is 1.95 bits per heavy atom. The van der Waals surface area contributed by atoms with Gasteiger partial charge in [0.15, 0.2) is 5.65 Å². The summed E-state index contributed by atoms with van der Waals surface area (Å²) >= 11 is 0. The summed E-state index contributed by atoms with van der Waals surface area (Å²) in [5.41, 5.74) is 1.77. The van der Waals surface area contributed by atoms with Gasteiger partial charge in [0, 0.05) is 6.20 Å². The third kappa shape index (κ3) is 2.43. The van der Waals surface area contributed by atoms with Crippen molar-refractivity contribution >= 4 is 11.6 Å². The fourth-order valence-electron chi connectivity index (χ4n) is 2.11. The molecule has 0 amide bonds. The van der Waals surface area contributed by atoms with Gasteiger partial charge in [-0.1, -0.05) is 18.2 Å². The quantitative estimate of drug-likeness (QED) is 0.680. The molecule has 0 atom stereocenters. The van der Waals surface area contributed by atoms with E-state index in [0.717, 1.165) is 5.56 Å². The van der Waals surface area contributed by atoms with Crippen LogP contribution in [0.5, 0.6) is 0 Å². The molecular formula is C15H13N3O3. The molecule has 1 aromatic carbocycles. The number of ether oxygens (including phenoxy) is 1. The third-order valence-corrected chi connectivity index (χ3v) is 3.20. The number of rotatable bonds is 3. The Hall–Kier alpha value is -2.89. The zero-order valence-electron chi connectivity index (χ0n) is 11.4. The highest BCUT2D eigenvalue weighted by Gasteiger charge is 2.08. The smallest absolute Gasteiger partial charge is 0.350 e. The highest BCUT2D eigenvalue weighted by Crippen LogP contribution is 2.07. The minimum Gasteiger partial charge on any atom is -0.465 e. The normalized spacial score (nSPS) is 10.7. The molecule has 0 aliphatic rings. The van der Waals surface area contributed by atoms with Gasteiger partial charge in [0.1, 0.15) is 0 Å². The maximum absolute atomic E-state index is 12.1. The van der Waals surface area contributed by atoms with Crippen molar-refractivity contribution in [1.82, 2.24) is 14.2 Å². The minimum absolute atomic E-state index is 0.192. The van der Waals surface area contributed by atoms with E-state index in [1.165, 1.54) is 16.2 Å². The number of hydrogen-bond acceptors (Lipinski definition) is 4. The van der Waals surface area contributed by atoms with E-state index in [1.807, 2.05) is 6.07 Å². The van der Waals surface area contributed by atoms with E-state index in [1.54, 1.807) is 42.6 Å². The number of carbonyl (C=O) groups is 1. The van der Waals surface area contributed by atoms with Crippen molar-refractivity contribution in [2.45, 2.75) is 6.54 Å². The van der Waals surface area contributed by atoms with Crippen LogP contribution in [0.2, 0.25) is 0 Å². The lowest BCUT2D eigenvalue weighted by molar-refractivity contribution is 0.0600. The van der Waals surface area contributed by atoms with Gasteiger partial charge in [-0.15, -0.1) is 5.10 Å². The zero-order valence-corrected chi connectivity index (χ0v) is 11.4. The van der Waals surface area contributed by atoms with Crippen LogP contribution in [-0.4, -0.2) is 27.3 Å². The standard InChI is InChI=1S/C15H13N3O3/c1-21-14(19)12-7-5-11(6-8-12)10-18-15(20)17-9-3-2-4-13(17)16-18/h2-9H,10H2,1H3. The van der Waals surface area contributed by atoms with Gasteiger partial charge in [-0.25, -0.2) is 14.3 Å². The van der Waals surface area contributed by atoms with Gasteiger partial charge in [-0.05, 0) is 29.8 Å². The van der Waals surface area contributed by atoms with Crippen molar-refractivity contribution in [3.8, 4) is 0 Å². The molecule has 106 valence electrons. The molecule has 6 heteroatoms. The second-order valence-electron chi connectivity index (χ2n) is 4.56. The van der Waals surface area contributed by atoms with Gasteiger partial charge in [0.2, 0.25) is 0 Å². The van der Waals surface area contributed by atoms with Crippen LogP contribution in [0.1, 0.15) is 15.9 Å². The lowest BCUT2D eigenvalue weighted by atomic mass is 10.1. The maximum Gasteiger partial charge on any atom is 0.350 e. The van der Waals surface area contributed by atoms with Crippen LogP contribution in [0.25, 0.3) is 5.65 Å². The van der Waals surface area contributed by atoms with Crippen LogP contribution in [0, 0.1) is 0 Å². The number of fused-ring (bicyclic) bond motifs is 1. The third-order valence-electron chi connectivity index (χ3n) is 3.20. The van der Waals surface area contributed by atoms with Crippen LogP contribution >= 0.6 is 0 Å². The fraction of sp³-hybridized carbons (Fsp3) is 0.133. The Kier molecular flexibility index (Phi) is 3.27. The largest absolute Gasteiger partial charge is 0.465 e. The number of pyridine rings is 1. The molecule has 0 radical (unpaired) electrons. The number of esters is 1. The average molecular weight is 283 g/mol. The first-order chi connectivity index (χ1) is 10.2. The molecule has 0 unspecified atom stereocenters. The molecule has 0 saturated carbocycles. The van der Waals surface area contributed by atoms with Crippen LogP contribution < -0.4 is 5.69 Å². The number of benzene rings is 1. The molecular weight excluding hydrogens is 270 g/mol. The molecule has 0 saturated heterocycles. The topological polar surface area (TPSA) is 65.6 Å². The Labute approximate surface area is 120 Å². The van der Waals surface area contributed by atoms with Gasteiger partial charge >= 0.3 is 11.7 Å². The molecule has 0 bridgehead atoms. The van der Waals surface area contributed by atoms with E-state index in [0.29, 0.717) is 17.8 Å². The summed E-state index contributed by atoms with van der Waals surface area (Å²) in [7, 11) is 1.34. The average Bonchev–Trinajstić information content (AvgIpc) is 2.84. The van der Waals surface area contributed by atoms with Crippen molar-refractivity contribution in [3.05, 3.63) is 70.3 Å². The van der Waals surface area contributed by atoms with Crippen molar-refractivity contribution in [2.75, 3.05) is 7.11 Å². The second-order valence-corrected chi connectivity index (χ2v) is 4.56. The predicted molar refractivity (Wildman–Crippen MR) is 76.3 cm³/mol. The van der Waals surface area contributed by atoms with Gasteiger partial charge in [-0.3, -0.25) is 4.40 Å². The summed E-state index contributed by atoms with van der Waals surface area (Å²) in [4.78, 5) is 23.5. The van der Waals surface area contributed by atoms with Crippen LogP contribution in [0.3, 0.4) is 0 Å². The minimum atomic E-state index is -0.383. The highest BCUT2D eigenvalue weighted by atomic mass is 16.5. The van der Waals surface area contributed by atoms with Gasteiger partial charge < -0.3 is 4.74 Å². The molecule has 2 aromatic heterocycles. The summed E-state index contributed by atoms with van der Waals surface area (Å²) in [6, 6.07) is 12.3. The maximum atomic E-state index is 12.1. The molecule has 0 spiro atoms. The molecule has 6 nitrogen and oxygen atoms in total. The second kappa shape index (κ2) is 5.24. The van der Waals surface area contributed by atoms with Gasteiger partial charge in [-0.2, -0.15) is 0 Å². The number of methoxy groups -OCH3 is 1. The summed E-state index contributed by atoms with van der Waals surface area (Å²) in [6.07, 6.45) is 1.68. The van der Waals surface area contributed by atoms with Crippen molar-refractivity contribution in [3.63, 3.8) is 0 Å². The Balaban J connectivity index is 1.90. The van der Waals surface area contributed by atoms with E-state index in [4.69, 9.17) is 0 Å². The molecule has 3 aromatic rings. The van der Waals surface area contributed by atoms with Crippen molar-refractivity contribution in [1.29, 1.82) is 0 Å². The first-order valence-corrected chi connectivity index (χ1v) is 6.40. The molecule has 0 aliphatic carbocycles. The first kappa shape index (κ1) is 13.1. The fourth-order valence-corrected chi connectivity index (χ4v) is 2.11.